The van der Waals surface area contributed by atoms with Crippen molar-refractivity contribution < 1.29 is 8.42 Å². The Morgan fingerprint density at radius 1 is 1.53 bits per heavy atom. The van der Waals surface area contributed by atoms with Gasteiger partial charge in [0, 0.05) is 18.1 Å². The molecule has 1 unspecified atom stereocenters. The van der Waals surface area contributed by atoms with Crippen LogP contribution < -0.4 is 5.32 Å². The van der Waals surface area contributed by atoms with Gasteiger partial charge in [-0.2, -0.15) is 0 Å². The molecule has 1 aliphatic heterocycles. The Labute approximate surface area is 109 Å². The first-order valence-electron chi connectivity index (χ1n) is 5.78. The van der Waals surface area contributed by atoms with E-state index in [4.69, 9.17) is 0 Å². The maximum absolute atomic E-state index is 11.5. The van der Waals surface area contributed by atoms with Gasteiger partial charge in [-0.25, -0.2) is 8.42 Å². The summed E-state index contributed by atoms with van der Waals surface area (Å²) < 4.78 is 22.3. The van der Waals surface area contributed by atoms with Crippen molar-refractivity contribution in [3.05, 3.63) is 0 Å². The van der Waals surface area contributed by atoms with Crippen LogP contribution in [0.2, 0.25) is 0 Å². The first kappa shape index (κ1) is 14.8. The van der Waals surface area contributed by atoms with Crippen LogP contribution in [0.15, 0.2) is 4.99 Å². The molecule has 4 nitrogen and oxygen atoms in total. The fourth-order valence-electron chi connectivity index (χ4n) is 1.25. The monoisotopic (exact) mass is 278 g/mol. The first-order valence-corrected chi connectivity index (χ1v) is 8.55. The molecule has 0 aliphatic carbocycles. The molecule has 6 heteroatoms. The number of aliphatic imine (C=N–C) groups is 1. The Kier molecular flexibility index (Phi) is 4.52. The molecular formula is C11H22N2O2S2. The Morgan fingerprint density at radius 3 is 2.53 bits per heavy atom. The second-order valence-electron chi connectivity index (χ2n) is 5.43. The fourth-order valence-corrected chi connectivity index (χ4v) is 2.60. The van der Waals surface area contributed by atoms with Crippen LogP contribution in [0.1, 0.15) is 27.7 Å². The van der Waals surface area contributed by atoms with E-state index in [9.17, 15) is 8.42 Å². The predicted molar refractivity (Wildman–Crippen MR) is 75.4 cm³/mol. The van der Waals surface area contributed by atoms with Gasteiger partial charge in [0.25, 0.3) is 0 Å². The molecule has 0 aromatic heterocycles. The minimum Gasteiger partial charge on any atom is -0.363 e. The number of rotatable bonds is 4. The maximum Gasteiger partial charge on any atom is 0.156 e. The summed E-state index contributed by atoms with van der Waals surface area (Å²) in [4.78, 5) is 4.40. The highest BCUT2D eigenvalue weighted by Crippen LogP contribution is 2.26. The second-order valence-corrected chi connectivity index (χ2v) is 9.31. The largest absolute Gasteiger partial charge is 0.363 e. The lowest BCUT2D eigenvalue weighted by atomic mass is 10.1. The number of nitrogens with zero attached hydrogens (tertiary/aromatic N) is 1. The zero-order chi connectivity index (χ0) is 13.3. The van der Waals surface area contributed by atoms with Crippen LogP contribution in [0.5, 0.6) is 0 Å². The standard InChI is InChI=1S/C11H22N2O2S2/c1-8(2)9-6-12-10(16-9)13-7-11(3,4)17(5,14)15/h8-9H,6-7H2,1-5H3,(H,12,13). The molecule has 0 radical (unpaired) electrons. The molecule has 0 amide bonds. The van der Waals surface area contributed by atoms with Crippen LogP contribution >= 0.6 is 11.8 Å². The van der Waals surface area contributed by atoms with Gasteiger partial charge in [-0.3, -0.25) is 4.99 Å². The van der Waals surface area contributed by atoms with Crippen LogP contribution in [0.25, 0.3) is 0 Å². The fraction of sp³-hybridized carbons (Fsp3) is 0.909. The Morgan fingerprint density at radius 2 is 2.12 bits per heavy atom. The lowest BCUT2D eigenvalue weighted by Crippen LogP contribution is -2.43. The van der Waals surface area contributed by atoms with Crippen LogP contribution in [0.4, 0.5) is 0 Å². The van der Waals surface area contributed by atoms with Crippen LogP contribution in [0, 0.1) is 5.92 Å². The van der Waals surface area contributed by atoms with Gasteiger partial charge in [-0.15, -0.1) is 0 Å². The summed E-state index contributed by atoms with van der Waals surface area (Å²) in [5, 5.41) is 4.54. The average Bonchev–Trinajstić information content (AvgIpc) is 2.61. The molecule has 0 aromatic carbocycles. The summed E-state index contributed by atoms with van der Waals surface area (Å²) in [6.45, 7) is 9.05. The van der Waals surface area contributed by atoms with Gasteiger partial charge in [0.05, 0.1) is 11.3 Å². The van der Waals surface area contributed by atoms with Crippen LogP contribution in [0.3, 0.4) is 0 Å². The van der Waals surface area contributed by atoms with E-state index in [1.54, 1.807) is 25.6 Å². The van der Waals surface area contributed by atoms with E-state index in [0.29, 0.717) is 17.7 Å². The third kappa shape index (κ3) is 3.88. The van der Waals surface area contributed by atoms with Crippen molar-refractivity contribution in [1.82, 2.24) is 5.32 Å². The molecule has 0 aromatic rings. The smallest absolute Gasteiger partial charge is 0.156 e. The predicted octanol–water partition coefficient (Wildman–Crippen LogP) is 1.53. The number of hydrogen-bond acceptors (Lipinski definition) is 5. The van der Waals surface area contributed by atoms with Gasteiger partial charge in [0.1, 0.15) is 0 Å². The number of amidine groups is 1. The highest BCUT2D eigenvalue weighted by atomic mass is 32.2. The van der Waals surface area contributed by atoms with Gasteiger partial charge in [0.2, 0.25) is 0 Å². The summed E-state index contributed by atoms with van der Waals surface area (Å²) >= 11 is 1.71. The van der Waals surface area contributed by atoms with Crippen molar-refractivity contribution in [3.63, 3.8) is 0 Å². The maximum atomic E-state index is 11.5. The Hall–Kier alpha value is -0.230. The van der Waals surface area contributed by atoms with Crippen LogP contribution in [-0.2, 0) is 9.84 Å². The third-order valence-corrected chi connectivity index (χ3v) is 6.74. The third-order valence-electron chi connectivity index (χ3n) is 3.09. The van der Waals surface area contributed by atoms with Gasteiger partial charge >= 0.3 is 0 Å². The second kappa shape index (κ2) is 5.18. The average molecular weight is 278 g/mol. The van der Waals surface area contributed by atoms with E-state index in [0.717, 1.165) is 11.7 Å². The first-order chi connectivity index (χ1) is 7.63. The van der Waals surface area contributed by atoms with Gasteiger partial charge in [-0.1, -0.05) is 25.6 Å². The number of sulfone groups is 1. The summed E-state index contributed by atoms with van der Waals surface area (Å²) in [7, 11) is -3.05. The van der Waals surface area contributed by atoms with Crippen molar-refractivity contribution in [3.8, 4) is 0 Å². The van der Waals surface area contributed by atoms with Crippen molar-refractivity contribution in [2.24, 2.45) is 10.9 Å². The molecule has 100 valence electrons. The number of thioether (sulfide) groups is 1. The summed E-state index contributed by atoms with van der Waals surface area (Å²) in [5.74, 6) is 0.589. The van der Waals surface area contributed by atoms with Gasteiger partial charge in [-0.05, 0) is 19.8 Å². The van der Waals surface area contributed by atoms with E-state index in [1.165, 1.54) is 6.26 Å². The summed E-state index contributed by atoms with van der Waals surface area (Å²) in [5.41, 5.74) is 0. The molecule has 0 saturated heterocycles. The summed E-state index contributed by atoms with van der Waals surface area (Å²) in [6, 6.07) is 0. The van der Waals surface area contributed by atoms with E-state index in [-0.39, 0.29) is 0 Å². The Bertz CT molecular complexity index is 400. The molecule has 0 bridgehead atoms. The molecule has 1 N–H and O–H groups in total. The number of hydrogen-bond donors (Lipinski definition) is 1. The quantitative estimate of drug-likeness (QED) is 0.847. The lowest BCUT2D eigenvalue weighted by molar-refractivity contribution is 0.547. The zero-order valence-electron chi connectivity index (χ0n) is 11.1. The molecule has 0 fully saturated rings. The van der Waals surface area contributed by atoms with E-state index >= 15 is 0 Å². The SMILES string of the molecule is CC(C)C1CN=C(NCC(C)(C)S(C)(=O)=O)S1. The minimum atomic E-state index is -3.05. The topological polar surface area (TPSA) is 58.5 Å². The molecule has 17 heavy (non-hydrogen) atoms. The van der Waals surface area contributed by atoms with Crippen molar-refractivity contribution in [2.45, 2.75) is 37.7 Å². The highest BCUT2D eigenvalue weighted by molar-refractivity contribution is 8.14. The van der Waals surface area contributed by atoms with Crippen LogP contribution in [-0.4, -0.2) is 42.9 Å². The molecule has 1 atom stereocenters. The summed E-state index contributed by atoms with van der Waals surface area (Å²) in [6.07, 6.45) is 1.27. The Balaban J connectivity index is 2.49. The van der Waals surface area contributed by atoms with E-state index in [2.05, 4.69) is 24.2 Å². The lowest BCUT2D eigenvalue weighted by Gasteiger charge is -2.23. The molecule has 1 aliphatic rings. The number of nitrogens with one attached hydrogen (secondary N) is 1. The van der Waals surface area contributed by atoms with Crippen molar-refractivity contribution >= 4 is 26.8 Å². The molecule has 1 rings (SSSR count). The normalized spacial score (nSPS) is 21.8. The van der Waals surface area contributed by atoms with Gasteiger partial charge in [0.15, 0.2) is 15.0 Å². The highest BCUT2D eigenvalue weighted by Gasteiger charge is 2.31. The van der Waals surface area contributed by atoms with Gasteiger partial charge < -0.3 is 5.32 Å². The molecule has 1 heterocycles. The molecular weight excluding hydrogens is 256 g/mol. The molecule has 0 saturated carbocycles. The van der Waals surface area contributed by atoms with Crippen molar-refractivity contribution in [2.75, 3.05) is 19.3 Å². The zero-order valence-corrected chi connectivity index (χ0v) is 12.8. The molecule has 0 spiro atoms. The van der Waals surface area contributed by atoms with Crippen molar-refractivity contribution in [1.29, 1.82) is 0 Å². The van der Waals surface area contributed by atoms with E-state index in [1.807, 2.05) is 0 Å². The van der Waals surface area contributed by atoms with E-state index < -0.39 is 14.6 Å². The minimum absolute atomic E-state index is 0.405.